The van der Waals surface area contributed by atoms with E-state index in [9.17, 15) is 9.90 Å². The Morgan fingerprint density at radius 3 is 3.19 bits per heavy atom. The van der Waals surface area contributed by atoms with Crippen LogP contribution in [0, 0.1) is 0 Å². The van der Waals surface area contributed by atoms with Crippen LogP contribution in [0.4, 0.5) is 5.82 Å². The van der Waals surface area contributed by atoms with E-state index in [1.807, 2.05) is 0 Å². The van der Waals surface area contributed by atoms with Gasteiger partial charge in [-0.05, 0) is 6.04 Å². The maximum Gasteiger partial charge on any atom is 0.351 e. The molecule has 0 aliphatic carbocycles. The summed E-state index contributed by atoms with van der Waals surface area (Å²) in [5.74, 6) is -0.150. The number of aliphatic hydroxyl groups excluding tert-OH is 2. The minimum absolute atomic E-state index is 0.0878. The highest BCUT2D eigenvalue weighted by Gasteiger charge is 2.34. The summed E-state index contributed by atoms with van der Waals surface area (Å²) in [6, 6.07) is -0.0878. The molecule has 4 N–H and O–H groups in total. The second-order valence-corrected chi connectivity index (χ2v) is 3.58. The van der Waals surface area contributed by atoms with Crippen molar-refractivity contribution < 1.29 is 16.3 Å². The van der Waals surface area contributed by atoms with E-state index in [0.29, 0.717) is 0 Å². The first-order valence-corrected chi connectivity index (χ1v) is 4.82. The van der Waals surface area contributed by atoms with Gasteiger partial charge in [0, 0.05) is 12.6 Å². The lowest BCUT2D eigenvalue weighted by molar-refractivity contribution is -0.0458. The summed E-state index contributed by atoms with van der Waals surface area (Å²) in [6.45, 7) is -0.331. The van der Waals surface area contributed by atoms with Gasteiger partial charge in [0.1, 0.15) is 18.1 Å². The minimum atomic E-state index is -0.844. The van der Waals surface area contributed by atoms with Crippen molar-refractivity contribution in [3.05, 3.63) is 22.7 Å². The highest BCUT2D eigenvalue weighted by molar-refractivity contribution is 5.23. The van der Waals surface area contributed by atoms with Gasteiger partial charge >= 0.3 is 5.69 Å². The number of nitrogen functional groups attached to an aromatic ring is 1. The third-order valence-corrected chi connectivity index (χ3v) is 2.48. The van der Waals surface area contributed by atoms with E-state index in [2.05, 4.69) is 4.98 Å². The molecular formula is C9H13N3O4. The number of hydrogen-bond acceptors (Lipinski definition) is 6. The summed E-state index contributed by atoms with van der Waals surface area (Å²) < 4.78 is 13.8. The Hall–Kier alpha value is -1.44. The van der Waals surface area contributed by atoms with Crippen LogP contribution in [0.25, 0.3) is 0 Å². The van der Waals surface area contributed by atoms with Gasteiger partial charge in [0.2, 0.25) is 0 Å². The van der Waals surface area contributed by atoms with E-state index >= 15 is 0 Å². The SMILES string of the molecule is [2H]c1cn([C@H]2C[C@H](O)[C@@H](CO)O2)c(=O)nc1N. The van der Waals surface area contributed by atoms with Gasteiger partial charge in [-0.1, -0.05) is 0 Å². The first kappa shape index (κ1) is 9.76. The molecule has 0 saturated carbocycles. The van der Waals surface area contributed by atoms with Gasteiger partial charge in [0.15, 0.2) is 0 Å². The van der Waals surface area contributed by atoms with Crippen LogP contribution in [0.1, 0.15) is 14.0 Å². The van der Waals surface area contributed by atoms with Gasteiger partial charge in [0.25, 0.3) is 0 Å². The topological polar surface area (TPSA) is 111 Å². The highest BCUT2D eigenvalue weighted by atomic mass is 16.5. The van der Waals surface area contributed by atoms with Crippen LogP contribution in [0.5, 0.6) is 0 Å². The monoisotopic (exact) mass is 228 g/mol. The molecule has 1 saturated heterocycles. The summed E-state index contributed by atoms with van der Waals surface area (Å²) in [4.78, 5) is 15.0. The molecule has 1 aromatic heterocycles. The largest absolute Gasteiger partial charge is 0.394 e. The van der Waals surface area contributed by atoms with Crippen LogP contribution >= 0.6 is 0 Å². The van der Waals surface area contributed by atoms with Crippen LogP contribution in [-0.4, -0.2) is 38.6 Å². The fourth-order valence-corrected chi connectivity index (χ4v) is 1.64. The van der Waals surface area contributed by atoms with E-state index in [1.165, 1.54) is 6.20 Å². The van der Waals surface area contributed by atoms with Gasteiger partial charge in [0.05, 0.1) is 14.1 Å². The van der Waals surface area contributed by atoms with Crippen LogP contribution in [0.2, 0.25) is 0 Å². The van der Waals surface area contributed by atoms with Crippen molar-refractivity contribution in [2.75, 3.05) is 12.3 Å². The van der Waals surface area contributed by atoms with Crippen LogP contribution < -0.4 is 11.4 Å². The highest BCUT2D eigenvalue weighted by Crippen LogP contribution is 2.27. The molecule has 88 valence electrons. The van der Waals surface area contributed by atoms with E-state index in [1.54, 1.807) is 0 Å². The van der Waals surface area contributed by atoms with Crippen molar-refractivity contribution in [3.63, 3.8) is 0 Å². The molecule has 0 radical (unpaired) electrons. The molecule has 0 bridgehead atoms. The maximum absolute atomic E-state index is 11.5. The number of aromatic nitrogens is 2. The number of aliphatic hydroxyl groups is 2. The molecule has 16 heavy (non-hydrogen) atoms. The van der Waals surface area contributed by atoms with Gasteiger partial charge in [-0.25, -0.2) is 4.79 Å². The molecule has 0 amide bonds. The molecule has 7 nitrogen and oxygen atoms in total. The smallest absolute Gasteiger partial charge is 0.351 e. The number of nitrogens with zero attached hydrogens (tertiary/aromatic N) is 2. The normalized spacial score (nSPS) is 30.4. The number of hydrogen-bond donors (Lipinski definition) is 3. The zero-order valence-electron chi connectivity index (χ0n) is 9.41. The van der Waals surface area contributed by atoms with Crippen molar-refractivity contribution in [2.45, 2.75) is 24.9 Å². The zero-order valence-corrected chi connectivity index (χ0v) is 8.41. The number of rotatable bonds is 2. The van der Waals surface area contributed by atoms with Crippen molar-refractivity contribution in [3.8, 4) is 0 Å². The lowest BCUT2D eigenvalue weighted by atomic mass is 10.2. The van der Waals surface area contributed by atoms with Gasteiger partial charge in [-0.2, -0.15) is 4.98 Å². The van der Waals surface area contributed by atoms with E-state index in [0.717, 1.165) is 4.57 Å². The summed E-state index contributed by atoms with van der Waals surface area (Å²) in [7, 11) is 0. The molecule has 7 heteroatoms. The Balaban J connectivity index is 2.30. The molecule has 2 rings (SSSR count). The Bertz CT molecular complexity index is 478. The first-order valence-electron chi connectivity index (χ1n) is 5.32. The predicted octanol–water partition coefficient (Wildman–Crippen LogP) is -1.53. The molecule has 1 aromatic rings. The van der Waals surface area contributed by atoms with E-state index in [-0.39, 0.29) is 24.9 Å². The fraction of sp³-hybridized carbons (Fsp3) is 0.556. The quantitative estimate of drug-likeness (QED) is 0.566. The first-order chi connectivity index (χ1) is 8.02. The van der Waals surface area contributed by atoms with Gasteiger partial charge in [-0.3, -0.25) is 4.57 Å². The molecule has 1 aliphatic heterocycles. The summed E-state index contributed by atoms with van der Waals surface area (Å²) in [6.07, 6.45) is -0.924. The van der Waals surface area contributed by atoms with Crippen molar-refractivity contribution in [2.24, 2.45) is 0 Å². The fourth-order valence-electron chi connectivity index (χ4n) is 1.64. The molecular weight excluding hydrogens is 214 g/mol. The molecule has 0 aromatic carbocycles. The van der Waals surface area contributed by atoms with Gasteiger partial charge in [-0.15, -0.1) is 0 Å². The van der Waals surface area contributed by atoms with Crippen LogP contribution in [-0.2, 0) is 4.74 Å². The zero-order chi connectivity index (χ0) is 12.6. The molecule has 1 fully saturated rings. The Labute approximate surface area is 92.5 Å². The minimum Gasteiger partial charge on any atom is -0.394 e. The van der Waals surface area contributed by atoms with Crippen molar-refractivity contribution in [1.82, 2.24) is 9.55 Å². The second kappa shape index (κ2) is 4.20. The average molecular weight is 228 g/mol. The number of nitrogens with two attached hydrogens (primary N) is 1. The van der Waals surface area contributed by atoms with E-state index < -0.39 is 24.1 Å². The number of anilines is 1. The number of ether oxygens (including phenoxy) is 1. The van der Waals surface area contributed by atoms with Crippen LogP contribution in [0.3, 0.4) is 0 Å². The van der Waals surface area contributed by atoms with Crippen LogP contribution in [0.15, 0.2) is 17.0 Å². The predicted molar refractivity (Wildman–Crippen MR) is 54.5 cm³/mol. The molecule has 0 spiro atoms. The molecule has 3 atom stereocenters. The Morgan fingerprint density at radius 1 is 1.81 bits per heavy atom. The third-order valence-electron chi connectivity index (χ3n) is 2.48. The maximum atomic E-state index is 11.5. The summed E-state index contributed by atoms with van der Waals surface area (Å²) >= 11 is 0. The third kappa shape index (κ3) is 1.92. The average Bonchev–Trinajstić information content (AvgIpc) is 2.65. The van der Waals surface area contributed by atoms with Gasteiger partial charge < -0.3 is 20.7 Å². The molecule has 0 unspecified atom stereocenters. The lowest BCUT2D eigenvalue weighted by Gasteiger charge is -2.13. The lowest BCUT2D eigenvalue weighted by Crippen LogP contribution is -2.27. The molecule has 2 heterocycles. The van der Waals surface area contributed by atoms with Crippen molar-refractivity contribution >= 4 is 5.82 Å². The van der Waals surface area contributed by atoms with Crippen molar-refractivity contribution in [1.29, 1.82) is 0 Å². The van der Waals surface area contributed by atoms with E-state index in [4.69, 9.17) is 16.9 Å². The Morgan fingerprint density at radius 2 is 2.56 bits per heavy atom. The second-order valence-electron chi connectivity index (χ2n) is 3.58. The summed E-state index contributed by atoms with van der Waals surface area (Å²) in [5, 5.41) is 18.5. The standard InChI is InChI=1S/C9H13N3O4/c10-7-1-2-12(9(15)11-7)8-3-5(14)6(4-13)16-8/h1-2,5-6,8,13-14H,3-4H2,(H2,10,11,15)/t5-,6+,8+/m0/s1/i1D. The summed E-state index contributed by atoms with van der Waals surface area (Å²) in [5.41, 5.74) is 4.68. The Kier molecular flexibility index (Phi) is 2.56. The molecule has 1 aliphatic rings.